The number of fused-ring (bicyclic) bond motifs is 1. The van der Waals surface area contributed by atoms with Crippen molar-refractivity contribution < 1.29 is 19.2 Å². The Kier molecular flexibility index (Phi) is 6.16. The summed E-state index contributed by atoms with van der Waals surface area (Å²) in [5.41, 5.74) is 1.01. The van der Waals surface area contributed by atoms with E-state index in [-0.39, 0.29) is 5.60 Å². The van der Waals surface area contributed by atoms with Crippen LogP contribution >= 0.6 is 11.3 Å². The van der Waals surface area contributed by atoms with Crippen LogP contribution in [0.5, 0.6) is 0 Å². The summed E-state index contributed by atoms with van der Waals surface area (Å²) in [6, 6.07) is 2.16. The number of hydrogen-bond donors (Lipinski definition) is 3. The smallest absolute Gasteiger partial charge is 0.314 e. The zero-order valence-corrected chi connectivity index (χ0v) is 15.9. The molecule has 2 rings (SSSR count). The van der Waals surface area contributed by atoms with Crippen LogP contribution in [-0.2, 0) is 27.4 Å². The number of carbonyl (C=O) groups excluding carboxylic acids is 2. The SMILES string of the molecule is C[NH+](C)CCCNC(=O)C(=O)Nc1sc2c(c1C#N)CC(C)(C)OC2. The van der Waals surface area contributed by atoms with Gasteiger partial charge in [-0.2, -0.15) is 5.26 Å². The molecule has 0 spiro atoms. The molecular weight excluding hydrogens is 340 g/mol. The van der Waals surface area contributed by atoms with Crippen molar-refractivity contribution in [3.05, 3.63) is 16.0 Å². The first kappa shape index (κ1) is 19.4. The van der Waals surface area contributed by atoms with Gasteiger partial charge < -0.3 is 20.3 Å². The molecule has 0 atom stereocenters. The maximum Gasteiger partial charge on any atom is 0.314 e. The maximum atomic E-state index is 12.1. The van der Waals surface area contributed by atoms with Gasteiger partial charge in [0.1, 0.15) is 11.1 Å². The summed E-state index contributed by atoms with van der Waals surface area (Å²) in [5, 5.41) is 15.1. The van der Waals surface area contributed by atoms with Crippen LogP contribution in [0.3, 0.4) is 0 Å². The highest BCUT2D eigenvalue weighted by molar-refractivity contribution is 7.16. The number of quaternary nitrogens is 1. The van der Waals surface area contributed by atoms with E-state index in [1.54, 1.807) is 0 Å². The third kappa shape index (κ3) is 5.01. The summed E-state index contributed by atoms with van der Waals surface area (Å²) in [5.74, 6) is -1.42. The van der Waals surface area contributed by atoms with Gasteiger partial charge in [-0.3, -0.25) is 9.59 Å². The van der Waals surface area contributed by atoms with E-state index in [1.165, 1.54) is 16.2 Å². The van der Waals surface area contributed by atoms with Crippen LogP contribution in [0.15, 0.2) is 0 Å². The number of thiophene rings is 1. The minimum Gasteiger partial charge on any atom is -0.370 e. The van der Waals surface area contributed by atoms with E-state index in [4.69, 9.17) is 4.74 Å². The predicted octanol–water partition coefficient (Wildman–Crippen LogP) is 0.0604. The zero-order chi connectivity index (χ0) is 18.6. The second-order valence-corrected chi connectivity index (χ2v) is 8.17. The molecule has 1 aliphatic heterocycles. The van der Waals surface area contributed by atoms with Gasteiger partial charge in [0.2, 0.25) is 0 Å². The number of hydrogen-bond acceptors (Lipinski definition) is 5. The van der Waals surface area contributed by atoms with E-state index < -0.39 is 11.8 Å². The molecule has 0 radical (unpaired) electrons. The number of anilines is 1. The Morgan fingerprint density at radius 3 is 2.72 bits per heavy atom. The lowest BCUT2D eigenvalue weighted by Gasteiger charge is -2.29. The highest BCUT2D eigenvalue weighted by Crippen LogP contribution is 2.39. The molecule has 0 fully saturated rings. The number of ether oxygens (including phenoxy) is 1. The topological polar surface area (TPSA) is 95.7 Å². The van der Waals surface area contributed by atoms with Crippen molar-refractivity contribution in [3.8, 4) is 6.07 Å². The van der Waals surface area contributed by atoms with Crippen molar-refractivity contribution in [2.45, 2.75) is 38.9 Å². The molecule has 3 N–H and O–H groups in total. The van der Waals surface area contributed by atoms with E-state index >= 15 is 0 Å². The first-order chi connectivity index (χ1) is 11.7. The number of amides is 2. The summed E-state index contributed by atoms with van der Waals surface area (Å²) in [4.78, 5) is 26.2. The number of nitrogens with one attached hydrogen (secondary N) is 3. The highest BCUT2D eigenvalue weighted by Gasteiger charge is 2.32. The van der Waals surface area contributed by atoms with Crippen molar-refractivity contribution in [2.75, 3.05) is 32.5 Å². The molecule has 0 aliphatic carbocycles. The number of nitrogens with zero attached hydrogens (tertiary/aromatic N) is 1. The van der Waals surface area contributed by atoms with Crippen molar-refractivity contribution in [1.82, 2.24) is 5.32 Å². The quantitative estimate of drug-likeness (QED) is 0.508. The molecule has 2 amide bonds. The fourth-order valence-corrected chi connectivity index (χ4v) is 3.72. The fraction of sp³-hybridized carbons (Fsp3) is 0.588. The second-order valence-electron chi connectivity index (χ2n) is 7.07. The molecule has 2 heterocycles. The Morgan fingerprint density at radius 1 is 1.36 bits per heavy atom. The van der Waals surface area contributed by atoms with Gasteiger partial charge in [-0.1, -0.05) is 0 Å². The Morgan fingerprint density at radius 2 is 2.08 bits per heavy atom. The average Bonchev–Trinajstić information content (AvgIpc) is 2.86. The molecule has 7 nitrogen and oxygen atoms in total. The van der Waals surface area contributed by atoms with Gasteiger partial charge in [-0.05, 0) is 19.4 Å². The Labute approximate surface area is 151 Å². The third-order valence-electron chi connectivity index (χ3n) is 3.97. The minimum atomic E-state index is -0.743. The van der Waals surface area contributed by atoms with E-state index in [0.29, 0.717) is 30.1 Å². The van der Waals surface area contributed by atoms with Crippen LogP contribution in [0.25, 0.3) is 0 Å². The van der Waals surface area contributed by atoms with Gasteiger partial charge in [0.15, 0.2) is 0 Å². The monoisotopic (exact) mass is 365 g/mol. The van der Waals surface area contributed by atoms with E-state index in [0.717, 1.165) is 23.4 Å². The summed E-state index contributed by atoms with van der Waals surface area (Å²) in [7, 11) is 4.06. The first-order valence-electron chi connectivity index (χ1n) is 8.30. The second kappa shape index (κ2) is 7.95. The number of nitriles is 1. The minimum absolute atomic E-state index is 0.341. The summed E-state index contributed by atoms with van der Waals surface area (Å²) in [6.45, 7) is 5.71. The van der Waals surface area contributed by atoms with Crippen molar-refractivity contribution >= 4 is 28.2 Å². The molecule has 136 valence electrons. The Balaban J connectivity index is 2.01. The molecule has 1 aromatic rings. The van der Waals surface area contributed by atoms with Gasteiger partial charge in [0.25, 0.3) is 0 Å². The van der Waals surface area contributed by atoms with Crippen molar-refractivity contribution in [2.24, 2.45) is 0 Å². The first-order valence-corrected chi connectivity index (χ1v) is 9.12. The third-order valence-corrected chi connectivity index (χ3v) is 5.09. The van der Waals surface area contributed by atoms with Gasteiger partial charge in [0, 0.05) is 24.3 Å². The average molecular weight is 365 g/mol. The maximum absolute atomic E-state index is 12.1. The molecular formula is C17H25N4O3S+. The van der Waals surface area contributed by atoms with E-state index in [9.17, 15) is 14.9 Å². The largest absolute Gasteiger partial charge is 0.370 e. The molecule has 0 aromatic carbocycles. The van der Waals surface area contributed by atoms with Crippen LogP contribution in [0.4, 0.5) is 5.00 Å². The fourth-order valence-electron chi connectivity index (χ4n) is 2.64. The molecule has 1 aliphatic rings. The zero-order valence-electron chi connectivity index (χ0n) is 15.1. The molecule has 0 unspecified atom stereocenters. The lowest BCUT2D eigenvalue weighted by molar-refractivity contribution is -0.858. The van der Waals surface area contributed by atoms with Gasteiger partial charge in [-0.25, -0.2) is 0 Å². The molecule has 25 heavy (non-hydrogen) atoms. The van der Waals surface area contributed by atoms with Gasteiger partial charge >= 0.3 is 11.8 Å². The molecule has 0 saturated heterocycles. The summed E-state index contributed by atoms with van der Waals surface area (Å²) in [6.07, 6.45) is 1.40. The van der Waals surface area contributed by atoms with Crippen LogP contribution in [0.1, 0.15) is 36.3 Å². The molecule has 1 aromatic heterocycles. The van der Waals surface area contributed by atoms with Gasteiger partial charge in [0.05, 0.1) is 38.4 Å². The van der Waals surface area contributed by atoms with E-state index in [1.807, 2.05) is 27.9 Å². The van der Waals surface area contributed by atoms with Crippen molar-refractivity contribution in [1.29, 1.82) is 5.26 Å². The Hall–Kier alpha value is -1.95. The molecule has 8 heteroatoms. The van der Waals surface area contributed by atoms with Gasteiger partial charge in [-0.15, -0.1) is 11.3 Å². The normalized spacial score (nSPS) is 15.4. The molecule has 0 saturated carbocycles. The van der Waals surface area contributed by atoms with Crippen LogP contribution in [0.2, 0.25) is 0 Å². The number of rotatable bonds is 5. The lowest BCUT2D eigenvalue weighted by atomic mass is 9.93. The van der Waals surface area contributed by atoms with Crippen molar-refractivity contribution in [3.63, 3.8) is 0 Å². The summed E-state index contributed by atoms with van der Waals surface area (Å²) >= 11 is 1.30. The van der Waals surface area contributed by atoms with E-state index in [2.05, 4.69) is 16.7 Å². The Bertz CT molecular complexity index is 703. The van der Waals surface area contributed by atoms with Crippen LogP contribution in [-0.4, -0.2) is 44.6 Å². The lowest BCUT2D eigenvalue weighted by Crippen LogP contribution is -3.05. The number of carbonyl (C=O) groups is 2. The predicted molar refractivity (Wildman–Crippen MR) is 95.5 cm³/mol. The van der Waals surface area contributed by atoms with Crippen LogP contribution in [0, 0.1) is 11.3 Å². The van der Waals surface area contributed by atoms with Crippen LogP contribution < -0.4 is 15.5 Å². The standard InChI is InChI=1S/C17H24N4O3S/c1-17(2)8-11-12(9-18)16(25-13(11)10-24-17)20-15(23)14(22)19-6-5-7-21(3)4/h5-8,10H2,1-4H3,(H,19,22)(H,20,23)/p+1. The highest BCUT2D eigenvalue weighted by atomic mass is 32.1. The summed E-state index contributed by atoms with van der Waals surface area (Å²) < 4.78 is 5.75. The molecule has 0 bridgehead atoms.